The van der Waals surface area contributed by atoms with Crippen LogP contribution in [0.15, 0.2) is 42.5 Å². The van der Waals surface area contributed by atoms with E-state index in [0.717, 1.165) is 6.07 Å². The van der Waals surface area contributed by atoms with Crippen LogP contribution in [0.2, 0.25) is 0 Å². The van der Waals surface area contributed by atoms with E-state index in [1.165, 1.54) is 13.0 Å². The van der Waals surface area contributed by atoms with Crippen LogP contribution in [0.25, 0.3) is 0 Å². The summed E-state index contributed by atoms with van der Waals surface area (Å²) in [5.41, 5.74) is -0.437. The molecule has 0 aliphatic carbocycles. The van der Waals surface area contributed by atoms with E-state index in [-0.39, 0.29) is 5.88 Å². The fourth-order valence-electron chi connectivity index (χ4n) is 1.53. The Morgan fingerprint density at radius 1 is 1.27 bits per heavy atom. The molecule has 0 spiro atoms. The van der Waals surface area contributed by atoms with Crippen molar-refractivity contribution in [3.8, 4) is 17.5 Å². The number of carbonyl (C=O) groups is 1. The molecule has 1 N–H and O–H groups in total. The first-order valence-electron chi connectivity index (χ1n) is 6.25. The van der Waals surface area contributed by atoms with Gasteiger partial charge in [0.25, 0.3) is 5.88 Å². The predicted octanol–water partition coefficient (Wildman–Crippen LogP) is 2.63. The van der Waals surface area contributed by atoms with Crippen molar-refractivity contribution < 1.29 is 24.3 Å². The van der Waals surface area contributed by atoms with Crippen molar-refractivity contribution in [2.75, 3.05) is 0 Å². The van der Waals surface area contributed by atoms with Crippen LogP contribution in [0.1, 0.15) is 6.92 Å². The lowest BCUT2D eigenvalue weighted by molar-refractivity contribution is -0.386. The summed E-state index contributed by atoms with van der Waals surface area (Å²) < 4.78 is 10.4. The Labute approximate surface area is 125 Å². The van der Waals surface area contributed by atoms with Gasteiger partial charge < -0.3 is 14.6 Å². The van der Waals surface area contributed by atoms with Crippen LogP contribution in [0, 0.1) is 10.1 Å². The Kier molecular flexibility index (Phi) is 4.52. The first-order chi connectivity index (χ1) is 10.5. The lowest BCUT2D eigenvalue weighted by Crippen LogP contribution is -2.23. The van der Waals surface area contributed by atoms with E-state index in [2.05, 4.69) is 4.98 Å². The minimum Gasteiger partial charge on any atom is -0.479 e. The minimum absolute atomic E-state index is 0.0596. The number of carboxylic acid groups (broad SMARTS) is 1. The average Bonchev–Trinajstić information content (AvgIpc) is 2.48. The summed E-state index contributed by atoms with van der Waals surface area (Å²) in [6.45, 7) is 1.25. The summed E-state index contributed by atoms with van der Waals surface area (Å²) in [7, 11) is 0. The molecule has 114 valence electrons. The molecule has 22 heavy (non-hydrogen) atoms. The van der Waals surface area contributed by atoms with Crippen molar-refractivity contribution in [1.82, 2.24) is 4.98 Å². The molecular weight excluding hydrogens is 292 g/mol. The molecule has 1 unspecified atom stereocenters. The summed E-state index contributed by atoms with van der Waals surface area (Å²) >= 11 is 0. The number of hydrogen-bond donors (Lipinski definition) is 1. The fraction of sp³-hybridized carbons (Fsp3) is 0.143. The number of benzene rings is 1. The Hall–Kier alpha value is -3.16. The molecular formula is C14H12N2O6. The standard InChI is InChI=1S/C14H12N2O6/c1-9(14(17)18)21-13-11(16(19)20)7-8-12(15-13)22-10-5-3-2-4-6-10/h2-9H,1H3,(H,17,18). The third-order valence-electron chi connectivity index (χ3n) is 2.61. The van der Waals surface area contributed by atoms with E-state index >= 15 is 0 Å². The summed E-state index contributed by atoms with van der Waals surface area (Å²) in [5, 5.41) is 19.8. The molecule has 1 aromatic carbocycles. The second kappa shape index (κ2) is 6.53. The third kappa shape index (κ3) is 3.69. The molecule has 0 radical (unpaired) electrons. The third-order valence-corrected chi connectivity index (χ3v) is 2.61. The molecule has 0 amide bonds. The number of rotatable bonds is 6. The van der Waals surface area contributed by atoms with Crippen LogP contribution >= 0.6 is 0 Å². The zero-order valence-corrected chi connectivity index (χ0v) is 11.5. The summed E-state index contributed by atoms with van der Waals surface area (Å²) in [6, 6.07) is 11.1. The molecule has 1 heterocycles. The zero-order valence-electron chi connectivity index (χ0n) is 11.5. The highest BCUT2D eigenvalue weighted by Crippen LogP contribution is 2.30. The molecule has 0 fully saturated rings. The maximum absolute atomic E-state index is 10.9. The van der Waals surface area contributed by atoms with Crippen molar-refractivity contribution in [1.29, 1.82) is 0 Å². The van der Waals surface area contributed by atoms with Crippen molar-refractivity contribution >= 4 is 11.7 Å². The number of aliphatic carboxylic acids is 1. The first-order valence-corrected chi connectivity index (χ1v) is 6.25. The van der Waals surface area contributed by atoms with Crippen LogP contribution in [-0.2, 0) is 4.79 Å². The molecule has 8 heteroatoms. The Morgan fingerprint density at radius 3 is 2.55 bits per heavy atom. The van der Waals surface area contributed by atoms with Gasteiger partial charge in [-0.1, -0.05) is 18.2 Å². The largest absolute Gasteiger partial charge is 0.479 e. The van der Waals surface area contributed by atoms with Crippen molar-refractivity contribution in [3.05, 3.63) is 52.6 Å². The smallest absolute Gasteiger partial charge is 0.344 e. The van der Waals surface area contributed by atoms with E-state index in [9.17, 15) is 14.9 Å². The van der Waals surface area contributed by atoms with Crippen molar-refractivity contribution in [2.24, 2.45) is 0 Å². The van der Waals surface area contributed by atoms with Gasteiger partial charge in [-0.15, -0.1) is 0 Å². The van der Waals surface area contributed by atoms with Crippen LogP contribution in [-0.4, -0.2) is 27.1 Å². The second-order valence-electron chi connectivity index (χ2n) is 4.24. The molecule has 2 rings (SSSR count). The number of nitrogens with zero attached hydrogens (tertiary/aromatic N) is 2. The maximum Gasteiger partial charge on any atom is 0.344 e. The fourth-order valence-corrected chi connectivity index (χ4v) is 1.53. The Bertz CT molecular complexity index is 689. The van der Waals surface area contributed by atoms with E-state index in [1.54, 1.807) is 30.3 Å². The average molecular weight is 304 g/mol. The number of pyridine rings is 1. The molecule has 2 aromatic rings. The number of aromatic nitrogens is 1. The van der Waals surface area contributed by atoms with Crippen LogP contribution in [0.4, 0.5) is 5.69 Å². The van der Waals surface area contributed by atoms with Gasteiger partial charge in [-0.25, -0.2) is 4.79 Å². The van der Waals surface area contributed by atoms with Gasteiger partial charge in [0.2, 0.25) is 5.88 Å². The molecule has 8 nitrogen and oxygen atoms in total. The van der Waals surface area contributed by atoms with Gasteiger partial charge in [0.1, 0.15) is 5.75 Å². The zero-order chi connectivity index (χ0) is 16.1. The summed E-state index contributed by atoms with van der Waals surface area (Å²) in [4.78, 5) is 24.9. The summed E-state index contributed by atoms with van der Waals surface area (Å²) in [6.07, 6.45) is -1.28. The highest BCUT2D eigenvalue weighted by atomic mass is 16.6. The van der Waals surface area contributed by atoms with Gasteiger partial charge in [0.05, 0.1) is 4.92 Å². The highest BCUT2D eigenvalue weighted by molar-refractivity contribution is 5.72. The molecule has 1 atom stereocenters. The minimum atomic E-state index is -1.28. The van der Waals surface area contributed by atoms with Crippen molar-refractivity contribution in [2.45, 2.75) is 13.0 Å². The lowest BCUT2D eigenvalue weighted by atomic mass is 10.3. The topological polar surface area (TPSA) is 112 Å². The molecule has 0 aliphatic heterocycles. The Morgan fingerprint density at radius 2 is 1.95 bits per heavy atom. The van der Waals surface area contributed by atoms with E-state index in [4.69, 9.17) is 14.6 Å². The molecule has 1 aromatic heterocycles. The van der Waals surface area contributed by atoms with Crippen LogP contribution in [0.5, 0.6) is 17.5 Å². The monoisotopic (exact) mass is 304 g/mol. The number of para-hydroxylation sites is 1. The van der Waals surface area contributed by atoms with Gasteiger partial charge in [0.15, 0.2) is 6.10 Å². The first kappa shape index (κ1) is 15.2. The number of ether oxygens (including phenoxy) is 2. The van der Waals surface area contributed by atoms with Gasteiger partial charge in [0, 0.05) is 12.1 Å². The number of carboxylic acids is 1. The normalized spacial score (nSPS) is 11.5. The quantitative estimate of drug-likeness (QED) is 0.644. The van der Waals surface area contributed by atoms with E-state index in [0.29, 0.717) is 5.75 Å². The van der Waals surface area contributed by atoms with Gasteiger partial charge in [-0.2, -0.15) is 4.98 Å². The maximum atomic E-state index is 10.9. The van der Waals surface area contributed by atoms with Crippen LogP contribution < -0.4 is 9.47 Å². The lowest BCUT2D eigenvalue weighted by Gasteiger charge is -2.11. The molecule has 0 saturated carbocycles. The van der Waals surface area contributed by atoms with Gasteiger partial charge in [-0.05, 0) is 19.1 Å². The van der Waals surface area contributed by atoms with Gasteiger partial charge in [-0.3, -0.25) is 10.1 Å². The SMILES string of the molecule is CC(Oc1nc(Oc2ccccc2)ccc1[N+](=O)[O-])C(=O)O. The van der Waals surface area contributed by atoms with Gasteiger partial charge >= 0.3 is 11.7 Å². The van der Waals surface area contributed by atoms with Crippen molar-refractivity contribution in [3.63, 3.8) is 0 Å². The number of hydrogen-bond acceptors (Lipinski definition) is 6. The van der Waals surface area contributed by atoms with E-state index in [1.807, 2.05) is 0 Å². The predicted molar refractivity (Wildman–Crippen MR) is 75.1 cm³/mol. The number of nitro groups is 1. The van der Waals surface area contributed by atoms with Crippen LogP contribution in [0.3, 0.4) is 0 Å². The second-order valence-corrected chi connectivity index (χ2v) is 4.24. The summed E-state index contributed by atoms with van der Waals surface area (Å²) in [5.74, 6) is -1.12. The molecule has 0 saturated heterocycles. The van der Waals surface area contributed by atoms with E-state index < -0.39 is 28.6 Å². The Balaban J connectivity index is 2.30. The highest BCUT2D eigenvalue weighted by Gasteiger charge is 2.23. The molecule has 0 bridgehead atoms. The molecule has 0 aliphatic rings.